The molecule has 1 aliphatic heterocycles. The highest BCUT2D eigenvalue weighted by Gasteiger charge is 2.20. The van der Waals surface area contributed by atoms with Crippen LogP contribution in [0.4, 0.5) is 4.79 Å². The normalized spacial score (nSPS) is 19.1. The van der Waals surface area contributed by atoms with Gasteiger partial charge in [0.15, 0.2) is 0 Å². The topological polar surface area (TPSA) is 70.7 Å². The van der Waals surface area contributed by atoms with Gasteiger partial charge in [0.25, 0.3) is 0 Å². The van der Waals surface area contributed by atoms with Gasteiger partial charge >= 0.3 is 6.03 Å². The molecule has 1 heterocycles. The van der Waals surface area contributed by atoms with E-state index < -0.39 is 0 Å². The van der Waals surface area contributed by atoms with Crippen molar-refractivity contribution < 1.29 is 14.3 Å². The standard InChI is InChI=1S/C13H25N3O3/c1-11-4-3-8-16(10-11)13(18)15-6-5-12(17)14-7-9-19-2/h11H,3-10H2,1-2H3,(H,14,17)(H,15,18). The summed E-state index contributed by atoms with van der Waals surface area (Å²) < 4.78 is 4.83. The molecule has 0 spiro atoms. The van der Waals surface area contributed by atoms with E-state index in [0.29, 0.717) is 32.0 Å². The predicted octanol–water partition coefficient (Wildman–Crippen LogP) is 0.581. The van der Waals surface area contributed by atoms with Crippen molar-refractivity contribution in [2.24, 2.45) is 5.92 Å². The molecule has 1 unspecified atom stereocenters. The Kier molecular flexibility index (Phi) is 7.25. The molecule has 110 valence electrons. The van der Waals surface area contributed by atoms with E-state index in [1.165, 1.54) is 6.42 Å². The fourth-order valence-corrected chi connectivity index (χ4v) is 2.15. The molecule has 0 saturated carbocycles. The average Bonchev–Trinajstić information content (AvgIpc) is 2.39. The van der Waals surface area contributed by atoms with Gasteiger partial charge in [-0.25, -0.2) is 4.79 Å². The molecular weight excluding hydrogens is 246 g/mol. The molecular formula is C13H25N3O3. The molecule has 6 nitrogen and oxygen atoms in total. The lowest BCUT2D eigenvalue weighted by atomic mass is 10.0. The first kappa shape index (κ1) is 15.8. The molecule has 0 radical (unpaired) electrons. The molecule has 0 bridgehead atoms. The lowest BCUT2D eigenvalue weighted by Gasteiger charge is -2.30. The molecule has 0 aromatic heterocycles. The summed E-state index contributed by atoms with van der Waals surface area (Å²) in [4.78, 5) is 25.1. The van der Waals surface area contributed by atoms with Crippen molar-refractivity contribution in [1.29, 1.82) is 0 Å². The van der Waals surface area contributed by atoms with Crippen LogP contribution in [0.2, 0.25) is 0 Å². The first-order valence-corrected chi connectivity index (χ1v) is 6.92. The second kappa shape index (κ2) is 8.74. The number of likely N-dealkylation sites (tertiary alicyclic amines) is 1. The molecule has 3 amide bonds. The van der Waals surface area contributed by atoms with Crippen molar-refractivity contribution in [3.05, 3.63) is 0 Å². The maximum absolute atomic E-state index is 11.8. The summed E-state index contributed by atoms with van der Waals surface area (Å²) in [6.45, 7) is 5.17. The van der Waals surface area contributed by atoms with E-state index in [9.17, 15) is 9.59 Å². The number of carbonyl (C=O) groups is 2. The number of hydrogen-bond acceptors (Lipinski definition) is 3. The van der Waals surface area contributed by atoms with Crippen molar-refractivity contribution in [1.82, 2.24) is 15.5 Å². The Labute approximate surface area is 114 Å². The van der Waals surface area contributed by atoms with Gasteiger partial charge in [-0.15, -0.1) is 0 Å². The van der Waals surface area contributed by atoms with E-state index in [1.54, 1.807) is 7.11 Å². The number of carbonyl (C=O) groups excluding carboxylic acids is 2. The Morgan fingerprint density at radius 1 is 1.32 bits per heavy atom. The van der Waals surface area contributed by atoms with Gasteiger partial charge in [0.2, 0.25) is 5.91 Å². The number of rotatable bonds is 6. The quantitative estimate of drug-likeness (QED) is 0.694. The van der Waals surface area contributed by atoms with Gasteiger partial charge in [0, 0.05) is 39.7 Å². The number of urea groups is 1. The molecule has 0 aromatic rings. The Hall–Kier alpha value is -1.30. The van der Waals surface area contributed by atoms with Crippen LogP contribution in [-0.2, 0) is 9.53 Å². The zero-order valence-electron chi connectivity index (χ0n) is 11.9. The first-order valence-electron chi connectivity index (χ1n) is 6.92. The number of ether oxygens (including phenoxy) is 1. The lowest BCUT2D eigenvalue weighted by Crippen LogP contribution is -2.45. The summed E-state index contributed by atoms with van der Waals surface area (Å²) >= 11 is 0. The maximum atomic E-state index is 11.8. The SMILES string of the molecule is COCCNC(=O)CCNC(=O)N1CCCC(C)C1. The van der Waals surface area contributed by atoms with E-state index in [2.05, 4.69) is 17.6 Å². The summed E-state index contributed by atoms with van der Waals surface area (Å²) in [5, 5.41) is 5.50. The molecule has 2 N–H and O–H groups in total. The third kappa shape index (κ3) is 6.42. The smallest absolute Gasteiger partial charge is 0.317 e. The van der Waals surface area contributed by atoms with Crippen LogP contribution in [0.1, 0.15) is 26.2 Å². The fraction of sp³-hybridized carbons (Fsp3) is 0.846. The monoisotopic (exact) mass is 271 g/mol. The fourth-order valence-electron chi connectivity index (χ4n) is 2.15. The largest absolute Gasteiger partial charge is 0.383 e. The second-order valence-corrected chi connectivity index (χ2v) is 5.02. The number of nitrogens with zero attached hydrogens (tertiary/aromatic N) is 1. The molecule has 6 heteroatoms. The Balaban J connectivity index is 2.11. The molecule has 0 aliphatic carbocycles. The summed E-state index contributed by atoms with van der Waals surface area (Å²) in [6.07, 6.45) is 2.55. The van der Waals surface area contributed by atoms with E-state index in [0.717, 1.165) is 19.5 Å². The van der Waals surface area contributed by atoms with Crippen LogP contribution < -0.4 is 10.6 Å². The van der Waals surface area contributed by atoms with Crippen LogP contribution in [0.15, 0.2) is 0 Å². The Morgan fingerprint density at radius 3 is 2.79 bits per heavy atom. The molecule has 19 heavy (non-hydrogen) atoms. The Bertz CT molecular complexity index is 297. The highest BCUT2D eigenvalue weighted by atomic mass is 16.5. The van der Waals surface area contributed by atoms with Gasteiger partial charge in [-0.3, -0.25) is 4.79 Å². The molecule has 1 atom stereocenters. The van der Waals surface area contributed by atoms with Crippen molar-refractivity contribution >= 4 is 11.9 Å². The third-order valence-corrected chi connectivity index (χ3v) is 3.20. The predicted molar refractivity (Wildman–Crippen MR) is 72.9 cm³/mol. The number of amides is 3. The molecule has 1 fully saturated rings. The van der Waals surface area contributed by atoms with Crippen molar-refractivity contribution in [2.45, 2.75) is 26.2 Å². The summed E-state index contributed by atoms with van der Waals surface area (Å²) in [5.41, 5.74) is 0. The van der Waals surface area contributed by atoms with Crippen LogP contribution in [0.5, 0.6) is 0 Å². The van der Waals surface area contributed by atoms with Crippen LogP contribution in [0.3, 0.4) is 0 Å². The van der Waals surface area contributed by atoms with E-state index >= 15 is 0 Å². The molecule has 1 saturated heterocycles. The minimum Gasteiger partial charge on any atom is -0.383 e. The average molecular weight is 271 g/mol. The number of nitrogens with one attached hydrogen (secondary N) is 2. The van der Waals surface area contributed by atoms with Gasteiger partial charge in [0.05, 0.1) is 6.61 Å². The number of methoxy groups -OCH3 is 1. The molecule has 1 rings (SSSR count). The van der Waals surface area contributed by atoms with Gasteiger partial charge in [-0.2, -0.15) is 0 Å². The van der Waals surface area contributed by atoms with Gasteiger partial charge < -0.3 is 20.3 Å². The summed E-state index contributed by atoms with van der Waals surface area (Å²) in [6, 6.07) is -0.0590. The number of piperidine rings is 1. The molecule has 0 aromatic carbocycles. The maximum Gasteiger partial charge on any atom is 0.317 e. The van der Waals surface area contributed by atoms with E-state index in [-0.39, 0.29) is 11.9 Å². The minimum atomic E-state index is -0.0654. The summed E-state index contributed by atoms with van der Waals surface area (Å²) in [5.74, 6) is 0.501. The molecule has 1 aliphatic rings. The van der Waals surface area contributed by atoms with Crippen molar-refractivity contribution in [2.75, 3.05) is 39.9 Å². The van der Waals surface area contributed by atoms with E-state index in [4.69, 9.17) is 4.74 Å². The minimum absolute atomic E-state index is 0.0590. The van der Waals surface area contributed by atoms with Crippen molar-refractivity contribution in [3.8, 4) is 0 Å². The zero-order valence-corrected chi connectivity index (χ0v) is 11.9. The van der Waals surface area contributed by atoms with Gasteiger partial charge in [-0.1, -0.05) is 6.92 Å². The number of hydrogen-bond donors (Lipinski definition) is 2. The van der Waals surface area contributed by atoms with Crippen LogP contribution in [0, 0.1) is 5.92 Å². The highest BCUT2D eigenvalue weighted by molar-refractivity contribution is 5.78. The van der Waals surface area contributed by atoms with Crippen LogP contribution in [-0.4, -0.2) is 56.7 Å². The Morgan fingerprint density at radius 2 is 2.11 bits per heavy atom. The second-order valence-electron chi connectivity index (χ2n) is 5.02. The van der Waals surface area contributed by atoms with Crippen molar-refractivity contribution in [3.63, 3.8) is 0 Å². The van der Waals surface area contributed by atoms with E-state index in [1.807, 2.05) is 4.90 Å². The zero-order chi connectivity index (χ0) is 14.1. The van der Waals surface area contributed by atoms with Crippen LogP contribution >= 0.6 is 0 Å². The van der Waals surface area contributed by atoms with Gasteiger partial charge in [-0.05, 0) is 18.8 Å². The summed E-state index contributed by atoms with van der Waals surface area (Å²) in [7, 11) is 1.59. The highest BCUT2D eigenvalue weighted by Crippen LogP contribution is 2.14. The lowest BCUT2D eigenvalue weighted by molar-refractivity contribution is -0.121. The van der Waals surface area contributed by atoms with Crippen LogP contribution in [0.25, 0.3) is 0 Å². The van der Waals surface area contributed by atoms with Gasteiger partial charge in [0.1, 0.15) is 0 Å². The third-order valence-electron chi connectivity index (χ3n) is 3.20. The first-order chi connectivity index (χ1) is 9.13.